The normalized spacial score (nSPS) is 20.7. The fourth-order valence-corrected chi connectivity index (χ4v) is 3.00. The third-order valence-corrected chi connectivity index (χ3v) is 4.22. The molecule has 1 fully saturated rings. The van der Waals surface area contributed by atoms with Gasteiger partial charge >= 0.3 is 0 Å². The van der Waals surface area contributed by atoms with Crippen LogP contribution < -0.4 is 4.74 Å². The van der Waals surface area contributed by atoms with Crippen molar-refractivity contribution >= 4 is 5.78 Å². The van der Waals surface area contributed by atoms with Crippen molar-refractivity contribution in [1.82, 2.24) is 0 Å². The van der Waals surface area contributed by atoms with Crippen molar-refractivity contribution in [3.63, 3.8) is 0 Å². The molecule has 108 valence electrons. The van der Waals surface area contributed by atoms with Gasteiger partial charge in [-0.15, -0.1) is 0 Å². The minimum absolute atomic E-state index is 0.330. The Hall–Kier alpha value is -1.35. The second-order valence-electron chi connectivity index (χ2n) is 5.75. The molecule has 2 aliphatic heterocycles. The number of ketones is 1. The molecule has 1 aromatic rings. The first-order valence-electron chi connectivity index (χ1n) is 7.69. The second kappa shape index (κ2) is 6.40. The summed E-state index contributed by atoms with van der Waals surface area (Å²) in [5, 5.41) is 0. The molecule has 0 saturated carbocycles. The van der Waals surface area contributed by atoms with E-state index in [2.05, 4.69) is 12.1 Å². The number of ether oxygens (including phenoxy) is 2. The lowest BCUT2D eigenvalue weighted by Gasteiger charge is -2.08. The number of aryl methyl sites for hydroxylation is 1. The summed E-state index contributed by atoms with van der Waals surface area (Å²) in [6.45, 7) is 1.66. The minimum atomic E-state index is 0.330. The smallest absolute Gasteiger partial charge is 0.133 e. The Morgan fingerprint density at radius 3 is 3.05 bits per heavy atom. The van der Waals surface area contributed by atoms with Gasteiger partial charge in [-0.1, -0.05) is 12.1 Å². The van der Waals surface area contributed by atoms with E-state index in [1.807, 2.05) is 6.07 Å². The fraction of sp³-hybridized carbons (Fsp3) is 0.588. The van der Waals surface area contributed by atoms with E-state index in [4.69, 9.17) is 9.47 Å². The topological polar surface area (TPSA) is 35.5 Å². The predicted molar refractivity (Wildman–Crippen MR) is 77.2 cm³/mol. The Morgan fingerprint density at radius 1 is 1.25 bits per heavy atom. The highest BCUT2D eigenvalue weighted by molar-refractivity contribution is 5.78. The van der Waals surface area contributed by atoms with Gasteiger partial charge in [0.1, 0.15) is 11.5 Å². The van der Waals surface area contributed by atoms with Crippen LogP contribution in [-0.4, -0.2) is 25.1 Å². The lowest BCUT2D eigenvalue weighted by molar-refractivity contribution is -0.119. The van der Waals surface area contributed by atoms with Crippen LogP contribution in [0.15, 0.2) is 18.2 Å². The quantitative estimate of drug-likeness (QED) is 0.799. The molecule has 1 saturated heterocycles. The second-order valence-corrected chi connectivity index (χ2v) is 5.75. The highest BCUT2D eigenvalue weighted by atomic mass is 16.5. The average molecular weight is 274 g/mol. The van der Waals surface area contributed by atoms with Crippen molar-refractivity contribution in [1.29, 1.82) is 0 Å². The van der Waals surface area contributed by atoms with E-state index in [-0.39, 0.29) is 0 Å². The van der Waals surface area contributed by atoms with E-state index in [0.717, 1.165) is 51.1 Å². The van der Waals surface area contributed by atoms with Crippen LogP contribution >= 0.6 is 0 Å². The standard InChI is InChI=1S/C17H22O3/c18-15(6-7-16-2-1-10-19-16)5-3-13-4-8-17-14(12-13)9-11-20-17/h4,8,12,16H,1-3,5-7,9-11H2. The molecular formula is C17H22O3. The molecule has 1 atom stereocenters. The molecule has 1 aromatic carbocycles. The monoisotopic (exact) mass is 274 g/mol. The van der Waals surface area contributed by atoms with Crippen LogP contribution in [0.4, 0.5) is 0 Å². The van der Waals surface area contributed by atoms with Crippen molar-refractivity contribution < 1.29 is 14.3 Å². The van der Waals surface area contributed by atoms with Gasteiger partial charge < -0.3 is 9.47 Å². The summed E-state index contributed by atoms with van der Waals surface area (Å²) in [7, 11) is 0. The Balaban J connectivity index is 1.43. The molecule has 20 heavy (non-hydrogen) atoms. The number of hydrogen-bond donors (Lipinski definition) is 0. The van der Waals surface area contributed by atoms with Gasteiger partial charge in [-0.05, 0) is 42.9 Å². The van der Waals surface area contributed by atoms with Crippen LogP contribution in [0.2, 0.25) is 0 Å². The minimum Gasteiger partial charge on any atom is -0.493 e. The number of carbonyl (C=O) groups is 1. The molecule has 3 heteroatoms. The maximum atomic E-state index is 11.9. The van der Waals surface area contributed by atoms with Gasteiger partial charge in [-0.25, -0.2) is 0 Å². The summed E-state index contributed by atoms with van der Waals surface area (Å²) >= 11 is 0. The largest absolute Gasteiger partial charge is 0.493 e. The van der Waals surface area contributed by atoms with Gasteiger partial charge in [0.15, 0.2) is 0 Å². The summed E-state index contributed by atoms with van der Waals surface area (Å²) < 4.78 is 11.0. The summed E-state index contributed by atoms with van der Waals surface area (Å²) in [6.07, 6.45) is 6.65. The van der Waals surface area contributed by atoms with Crippen molar-refractivity contribution in [2.75, 3.05) is 13.2 Å². The number of fused-ring (bicyclic) bond motifs is 1. The number of carbonyl (C=O) groups excluding carboxylic acids is 1. The van der Waals surface area contributed by atoms with Gasteiger partial charge in [0.2, 0.25) is 0 Å². The van der Waals surface area contributed by atoms with Crippen LogP contribution in [0, 0.1) is 0 Å². The van der Waals surface area contributed by atoms with E-state index in [1.165, 1.54) is 11.1 Å². The molecular weight excluding hydrogens is 252 g/mol. The van der Waals surface area contributed by atoms with E-state index >= 15 is 0 Å². The van der Waals surface area contributed by atoms with Crippen molar-refractivity contribution in [3.8, 4) is 5.75 Å². The summed E-state index contributed by atoms with van der Waals surface area (Å²) in [5.74, 6) is 1.37. The van der Waals surface area contributed by atoms with Gasteiger partial charge in [-0.3, -0.25) is 4.79 Å². The maximum absolute atomic E-state index is 11.9. The first-order chi connectivity index (χ1) is 9.81. The van der Waals surface area contributed by atoms with Crippen LogP contribution in [0.3, 0.4) is 0 Å². The third kappa shape index (κ3) is 3.40. The summed E-state index contributed by atoms with van der Waals surface area (Å²) in [4.78, 5) is 11.9. The van der Waals surface area contributed by atoms with E-state index < -0.39 is 0 Å². The first kappa shape index (κ1) is 13.6. The van der Waals surface area contributed by atoms with Crippen molar-refractivity contribution in [2.24, 2.45) is 0 Å². The molecule has 2 aliphatic rings. The number of benzene rings is 1. The number of hydrogen-bond acceptors (Lipinski definition) is 3. The predicted octanol–water partition coefficient (Wildman–Crippen LogP) is 3.08. The van der Waals surface area contributed by atoms with Crippen LogP contribution in [0.25, 0.3) is 0 Å². The third-order valence-electron chi connectivity index (χ3n) is 4.22. The van der Waals surface area contributed by atoms with E-state index in [9.17, 15) is 4.79 Å². The molecule has 0 aromatic heterocycles. The molecule has 3 rings (SSSR count). The summed E-state index contributed by atoms with van der Waals surface area (Å²) in [6, 6.07) is 6.31. The molecule has 0 amide bonds. The lowest BCUT2D eigenvalue weighted by atomic mass is 10.0. The first-order valence-corrected chi connectivity index (χ1v) is 7.69. The van der Waals surface area contributed by atoms with Gasteiger partial charge in [0, 0.05) is 25.9 Å². The Kier molecular flexibility index (Phi) is 4.36. The lowest BCUT2D eigenvalue weighted by Crippen LogP contribution is -2.09. The molecule has 0 spiro atoms. The molecule has 0 radical (unpaired) electrons. The highest BCUT2D eigenvalue weighted by Crippen LogP contribution is 2.26. The molecule has 1 unspecified atom stereocenters. The zero-order valence-electron chi connectivity index (χ0n) is 11.9. The maximum Gasteiger partial charge on any atom is 0.133 e. The van der Waals surface area contributed by atoms with Crippen LogP contribution in [0.5, 0.6) is 5.75 Å². The van der Waals surface area contributed by atoms with Gasteiger partial charge in [0.05, 0.1) is 12.7 Å². The van der Waals surface area contributed by atoms with Gasteiger partial charge in [-0.2, -0.15) is 0 Å². The Morgan fingerprint density at radius 2 is 2.20 bits per heavy atom. The molecule has 0 aliphatic carbocycles. The van der Waals surface area contributed by atoms with Crippen LogP contribution in [0.1, 0.15) is 43.2 Å². The molecule has 2 heterocycles. The van der Waals surface area contributed by atoms with Gasteiger partial charge in [0.25, 0.3) is 0 Å². The SMILES string of the molecule is O=C(CCc1ccc2c(c1)CCO2)CCC1CCCO1. The fourth-order valence-electron chi connectivity index (χ4n) is 3.00. The van der Waals surface area contributed by atoms with Crippen molar-refractivity contribution in [3.05, 3.63) is 29.3 Å². The molecule has 3 nitrogen and oxygen atoms in total. The Labute approximate surface area is 120 Å². The Bertz CT molecular complexity index is 475. The van der Waals surface area contributed by atoms with E-state index in [0.29, 0.717) is 24.7 Å². The average Bonchev–Trinajstić information content (AvgIpc) is 3.13. The number of Topliss-reactive ketones (excluding diaryl/α,β-unsaturated/α-hetero) is 1. The summed E-state index contributed by atoms with van der Waals surface area (Å²) in [5.41, 5.74) is 2.54. The van der Waals surface area contributed by atoms with Crippen LogP contribution in [-0.2, 0) is 22.4 Å². The zero-order chi connectivity index (χ0) is 13.8. The highest BCUT2D eigenvalue weighted by Gasteiger charge is 2.17. The molecule has 0 bridgehead atoms. The number of rotatable bonds is 6. The van der Waals surface area contributed by atoms with E-state index in [1.54, 1.807) is 0 Å². The molecule has 0 N–H and O–H groups in total. The van der Waals surface area contributed by atoms with Crippen molar-refractivity contribution in [2.45, 2.75) is 51.0 Å². The zero-order valence-corrected chi connectivity index (χ0v) is 11.9.